The molecule has 1 amide bonds. The highest BCUT2D eigenvalue weighted by molar-refractivity contribution is 6.06. The first-order chi connectivity index (χ1) is 8.27. The smallest absolute Gasteiger partial charge is 0.262 e. The second-order valence-electron chi connectivity index (χ2n) is 4.19. The minimum Gasteiger partial charge on any atom is -0.468 e. The molecule has 0 aromatic carbocycles. The van der Waals surface area contributed by atoms with Crippen molar-refractivity contribution in [3.8, 4) is 0 Å². The minimum absolute atomic E-state index is 0.116. The van der Waals surface area contributed by atoms with Crippen LogP contribution >= 0.6 is 0 Å². The Bertz CT molecular complexity index is 526. The number of carbonyl (C=O) groups is 1. The first kappa shape index (κ1) is 10.1. The van der Waals surface area contributed by atoms with Crippen LogP contribution in [-0.2, 0) is 0 Å². The summed E-state index contributed by atoms with van der Waals surface area (Å²) in [6.07, 6.45) is 5.21. The first-order valence-corrected chi connectivity index (χ1v) is 5.53. The molecule has 2 heterocycles. The lowest BCUT2D eigenvalue weighted by atomic mass is 10.1. The summed E-state index contributed by atoms with van der Waals surface area (Å²) < 4.78 is 10.1. The van der Waals surface area contributed by atoms with Crippen molar-refractivity contribution in [1.29, 1.82) is 0 Å². The number of furan rings is 1. The van der Waals surface area contributed by atoms with Crippen LogP contribution < -0.4 is 4.90 Å². The van der Waals surface area contributed by atoms with Gasteiger partial charge in [0, 0.05) is 19.0 Å². The summed E-state index contributed by atoms with van der Waals surface area (Å²) >= 11 is 0. The summed E-state index contributed by atoms with van der Waals surface area (Å²) in [6, 6.07) is 3.36. The lowest BCUT2D eigenvalue weighted by molar-refractivity contribution is 0.0989. The predicted octanol–water partition coefficient (Wildman–Crippen LogP) is 2.42. The molecule has 1 aliphatic carbocycles. The lowest BCUT2D eigenvalue weighted by Gasteiger charge is -2.12. The maximum Gasteiger partial charge on any atom is 0.262 e. The molecule has 88 valence electrons. The Hall–Kier alpha value is -2.04. The average molecular weight is 232 g/mol. The van der Waals surface area contributed by atoms with E-state index in [4.69, 9.17) is 8.94 Å². The maximum absolute atomic E-state index is 12.2. The van der Waals surface area contributed by atoms with Crippen LogP contribution in [0.1, 0.15) is 34.9 Å². The molecule has 0 radical (unpaired) electrons. The fraction of sp³-hybridized carbons (Fsp3) is 0.333. The van der Waals surface area contributed by atoms with E-state index in [9.17, 15) is 4.79 Å². The highest BCUT2D eigenvalue weighted by atomic mass is 16.5. The van der Waals surface area contributed by atoms with Crippen LogP contribution in [0.3, 0.4) is 0 Å². The Morgan fingerprint density at radius 3 is 2.88 bits per heavy atom. The molecule has 2 aromatic rings. The maximum atomic E-state index is 12.2. The van der Waals surface area contributed by atoms with Gasteiger partial charge in [-0.2, -0.15) is 0 Å². The average Bonchev–Trinajstić information content (AvgIpc) is 2.86. The van der Waals surface area contributed by atoms with Gasteiger partial charge in [-0.3, -0.25) is 9.69 Å². The van der Waals surface area contributed by atoms with Gasteiger partial charge in [-0.25, -0.2) is 0 Å². The Morgan fingerprint density at radius 2 is 2.24 bits per heavy atom. The van der Waals surface area contributed by atoms with Gasteiger partial charge in [-0.1, -0.05) is 5.16 Å². The topological polar surface area (TPSA) is 59.5 Å². The van der Waals surface area contributed by atoms with E-state index in [-0.39, 0.29) is 5.91 Å². The summed E-state index contributed by atoms with van der Waals surface area (Å²) in [5, 5.41) is 3.74. The van der Waals surface area contributed by atoms with Crippen molar-refractivity contribution in [2.45, 2.75) is 18.8 Å². The molecule has 5 heteroatoms. The Balaban J connectivity index is 1.88. The number of amides is 1. The molecule has 1 fully saturated rings. The number of anilines is 1. The van der Waals surface area contributed by atoms with Crippen LogP contribution in [0.25, 0.3) is 0 Å². The first-order valence-electron chi connectivity index (χ1n) is 5.53. The molecule has 0 N–H and O–H groups in total. The molecule has 3 rings (SSSR count). The monoisotopic (exact) mass is 232 g/mol. The van der Waals surface area contributed by atoms with Gasteiger partial charge in [0.25, 0.3) is 5.91 Å². The second-order valence-corrected chi connectivity index (χ2v) is 4.19. The molecule has 0 spiro atoms. The Kier molecular flexibility index (Phi) is 2.24. The third-order valence-electron chi connectivity index (χ3n) is 2.95. The molecule has 0 saturated heterocycles. The third-order valence-corrected chi connectivity index (χ3v) is 2.95. The molecule has 0 atom stereocenters. The third kappa shape index (κ3) is 1.73. The molecule has 0 aliphatic heterocycles. The van der Waals surface area contributed by atoms with Crippen molar-refractivity contribution in [1.82, 2.24) is 5.16 Å². The summed E-state index contributed by atoms with van der Waals surface area (Å²) in [4.78, 5) is 13.7. The van der Waals surface area contributed by atoms with E-state index in [0.29, 0.717) is 17.3 Å². The van der Waals surface area contributed by atoms with Gasteiger partial charge in [0.2, 0.25) is 0 Å². The lowest BCUT2D eigenvalue weighted by Crippen LogP contribution is -2.26. The number of carbonyl (C=O) groups excluding carboxylic acids is 1. The Labute approximate surface area is 98.0 Å². The van der Waals surface area contributed by atoms with Gasteiger partial charge in [-0.05, 0) is 18.9 Å². The van der Waals surface area contributed by atoms with E-state index < -0.39 is 0 Å². The Morgan fingerprint density at radius 1 is 1.41 bits per heavy atom. The van der Waals surface area contributed by atoms with Crippen LogP contribution in [-0.4, -0.2) is 18.1 Å². The molecule has 1 aliphatic rings. The second kappa shape index (κ2) is 3.76. The molecule has 1 saturated carbocycles. The molecule has 2 aromatic heterocycles. The number of nitrogens with zero attached hydrogens (tertiary/aromatic N) is 2. The van der Waals surface area contributed by atoms with Crippen molar-refractivity contribution in [2.24, 2.45) is 0 Å². The molecule has 5 nitrogen and oxygen atoms in total. The zero-order chi connectivity index (χ0) is 11.8. The normalized spacial score (nSPS) is 14.9. The molecule has 0 bridgehead atoms. The van der Waals surface area contributed by atoms with E-state index in [1.54, 1.807) is 25.4 Å². The van der Waals surface area contributed by atoms with E-state index in [2.05, 4.69) is 5.16 Å². The number of hydrogen-bond acceptors (Lipinski definition) is 4. The number of aromatic nitrogens is 1. The van der Waals surface area contributed by atoms with E-state index in [0.717, 1.165) is 18.6 Å². The van der Waals surface area contributed by atoms with Gasteiger partial charge < -0.3 is 8.94 Å². The van der Waals surface area contributed by atoms with Crippen molar-refractivity contribution in [2.75, 3.05) is 11.9 Å². The predicted molar refractivity (Wildman–Crippen MR) is 59.9 cm³/mol. The van der Waals surface area contributed by atoms with Crippen LogP contribution in [0.2, 0.25) is 0 Å². The van der Waals surface area contributed by atoms with Crippen LogP contribution in [0.4, 0.5) is 5.82 Å². The summed E-state index contributed by atoms with van der Waals surface area (Å²) in [7, 11) is 1.67. The molecular formula is C12H12N2O3. The summed E-state index contributed by atoms with van der Waals surface area (Å²) in [5.74, 6) is 1.59. The van der Waals surface area contributed by atoms with Crippen molar-refractivity contribution in [3.05, 3.63) is 36.0 Å². The zero-order valence-electron chi connectivity index (χ0n) is 9.42. The number of hydrogen-bond donors (Lipinski definition) is 0. The number of rotatable bonds is 3. The van der Waals surface area contributed by atoms with Crippen molar-refractivity contribution < 1.29 is 13.7 Å². The van der Waals surface area contributed by atoms with Crippen molar-refractivity contribution in [3.63, 3.8) is 0 Å². The summed E-state index contributed by atoms with van der Waals surface area (Å²) in [5.41, 5.74) is 0.623. The fourth-order valence-corrected chi connectivity index (χ4v) is 1.82. The van der Waals surface area contributed by atoms with Crippen LogP contribution in [0.15, 0.2) is 33.6 Å². The van der Waals surface area contributed by atoms with E-state index in [1.807, 2.05) is 0 Å². The molecular weight excluding hydrogens is 220 g/mol. The zero-order valence-corrected chi connectivity index (χ0v) is 9.42. The van der Waals surface area contributed by atoms with Gasteiger partial charge >= 0.3 is 0 Å². The quantitative estimate of drug-likeness (QED) is 0.815. The van der Waals surface area contributed by atoms with E-state index in [1.165, 1.54) is 11.2 Å². The summed E-state index contributed by atoms with van der Waals surface area (Å²) in [6.45, 7) is 0. The minimum atomic E-state index is -0.116. The highest BCUT2D eigenvalue weighted by Gasteiger charge is 2.32. The van der Waals surface area contributed by atoms with E-state index >= 15 is 0 Å². The standard InChI is InChI=1S/C12H12N2O3/c1-14(10-5-7-17-13-10)12(15)9-4-6-16-11(9)8-2-3-8/h4-8H,2-3H2,1H3. The van der Waals surface area contributed by atoms with Crippen LogP contribution in [0.5, 0.6) is 0 Å². The fourth-order valence-electron chi connectivity index (χ4n) is 1.82. The highest BCUT2D eigenvalue weighted by Crippen LogP contribution is 2.42. The van der Waals surface area contributed by atoms with Gasteiger partial charge in [0.05, 0.1) is 11.8 Å². The van der Waals surface area contributed by atoms with Gasteiger partial charge in [-0.15, -0.1) is 0 Å². The largest absolute Gasteiger partial charge is 0.468 e. The van der Waals surface area contributed by atoms with Gasteiger partial charge in [0.15, 0.2) is 5.82 Å². The van der Waals surface area contributed by atoms with Crippen LogP contribution in [0, 0.1) is 0 Å². The van der Waals surface area contributed by atoms with Crippen molar-refractivity contribution >= 4 is 11.7 Å². The SMILES string of the molecule is CN(C(=O)c1ccoc1C1CC1)c1ccon1. The molecule has 0 unspecified atom stereocenters. The van der Waals surface area contributed by atoms with Gasteiger partial charge in [0.1, 0.15) is 12.0 Å². The molecule has 17 heavy (non-hydrogen) atoms.